The first kappa shape index (κ1) is 10.7. The van der Waals surface area contributed by atoms with Crippen molar-refractivity contribution >= 4 is 23.3 Å². The molecule has 14 heavy (non-hydrogen) atoms. The molecule has 0 saturated carbocycles. The van der Waals surface area contributed by atoms with Crippen LogP contribution >= 0.6 is 11.3 Å². The van der Waals surface area contributed by atoms with Crippen molar-refractivity contribution in [3.05, 3.63) is 22.4 Å². The van der Waals surface area contributed by atoms with Crippen LogP contribution in [-0.4, -0.2) is 11.9 Å². The van der Waals surface area contributed by atoms with E-state index in [2.05, 4.69) is 0 Å². The molecule has 0 aliphatic heterocycles. The van der Waals surface area contributed by atoms with E-state index in [1.165, 1.54) is 4.88 Å². The van der Waals surface area contributed by atoms with Crippen LogP contribution in [0.4, 0.5) is 4.79 Å². The van der Waals surface area contributed by atoms with Gasteiger partial charge in [-0.15, -0.1) is 11.3 Å². The van der Waals surface area contributed by atoms with E-state index in [0.29, 0.717) is 6.42 Å². The molecular formula is C9H12N2O2S. The number of primary amides is 1. The molecule has 0 radical (unpaired) electrons. The van der Waals surface area contributed by atoms with Gasteiger partial charge in [0.05, 0.1) is 0 Å². The number of imide groups is 1. The Labute approximate surface area is 86.1 Å². The Morgan fingerprint density at radius 2 is 2.29 bits per heavy atom. The molecule has 0 unspecified atom stereocenters. The Balaban J connectivity index is 2.15. The fourth-order valence-corrected chi connectivity index (χ4v) is 1.83. The van der Waals surface area contributed by atoms with Crippen LogP contribution in [0.15, 0.2) is 17.5 Å². The van der Waals surface area contributed by atoms with Crippen LogP contribution in [0.5, 0.6) is 0 Å². The number of urea groups is 1. The zero-order valence-electron chi connectivity index (χ0n) is 7.66. The zero-order chi connectivity index (χ0) is 10.4. The first-order chi connectivity index (χ1) is 6.68. The topological polar surface area (TPSA) is 72.2 Å². The molecule has 1 aromatic rings. The highest BCUT2D eigenvalue weighted by molar-refractivity contribution is 7.09. The first-order valence-corrected chi connectivity index (χ1v) is 5.18. The molecule has 0 saturated heterocycles. The number of nitrogens with one attached hydrogen (secondary N) is 1. The molecule has 0 aliphatic carbocycles. The summed E-state index contributed by atoms with van der Waals surface area (Å²) in [5.41, 5.74) is 4.79. The van der Waals surface area contributed by atoms with E-state index in [1.54, 1.807) is 11.3 Å². The monoisotopic (exact) mass is 212 g/mol. The van der Waals surface area contributed by atoms with Crippen LogP contribution in [0.2, 0.25) is 0 Å². The second-order valence-corrected chi connectivity index (χ2v) is 3.88. The molecule has 0 fully saturated rings. The number of nitrogens with two attached hydrogens (primary N) is 1. The third-order valence-corrected chi connectivity index (χ3v) is 2.61. The first-order valence-electron chi connectivity index (χ1n) is 4.30. The van der Waals surface area contributed by atoms with Crippen molar-refractivity contribution in [3.63, 3.8) is 0 Å². The molecule has 3 amide bonds. The Morgan fingerprint density at radius 1 is 1.50 bits per heavy atom. The predicted molar refractivity (Wildman–Crippen MR) is 55.0 cm³/mol. The highest BCUT2D eigenvalue weighted by Gasteiger charge is 2.03. The Hall–Kier alpha value is -1.36. The fraction of sp³-hybridized carbons (Fsp3) is 0.333. The lowest BCUT2D eigenvalue weighted by Gasteiger charge is -1.99. The van der Waals surface area contributed by atoms with Crippen molar-refractivity contribution in [2.75, 3.05) is 0 Å². The Kier molecular flexibility index (Phi) is 4.12. The van der Waals surface area contributed by atoms with Crippen molar-refractivity contribution in [2.24, 2.45) is 5.73 Å². The number of hydrogen-bond acceptors (Lipinski definition) is 3. The van der Waals surface area contributed by atoms with Crippen molar-refractivity contribution in [1.29, 1.82) is 0 Å². The second kappa shape index (κ2) is 5.39. The summed E-state index contributed by atoms with van der Waals surface area (Å²) >= 11 is 1.67. The summed E-state index contributed by atoms with van der Waals surface area (Å²) in [5, 5.41) is 4.03. The lowest BCUT2D eigenvalue weighted by molar-refractivity contribution is -0.120. The molecule has 3 N–H and O–H groups in total. The number of amides is 3. The van der Waals surface area contributed by atoms with Gasteiger partial charge in [0.25, 0.3) is 0 Å². The molecule has 0 aliphatic rings. The maximum absolute atomic E-state index is 11.0. The van der Waals surface area contributed by atoms with E-state index in [4.69, 9.17) is 5.73 Å². The molecular weight excluding hydrogens is 200 g/mol. The highest BCUT2D eigenvalue weighted by atomic mass is 32.1. The third kappa shape index (κ3) is 4.04. The van der Waals surface area contributed by atoms with Gasteiger partial charge in [0, 0.05) is 11.3 Å². The van der Waals surface area contributed by atoms with Crippen LogP contribution in [0.1, 0.15) is 17.7 Å². The number of thiophene rings is 1. The molecule has 1 rings (SSSR count). The summed E-state index contributed by atoms with van der Waals surface area (Å²) in [6, 6.07) is 3.21. The minimum atomic E-state index is -0.786. The van der Waals surface area contributed by atoms with Gasteiger partial charge in [-0.05, 0) is 24.3 Å². The summed E-state index contributed by atoms with van der Waals surface area (Å²) in [6.07, 6.45) is 1.93. The van der Waals surface area contributed by atoms with Gasteiger partial charge in [0.1, 0.15) is 0 Å². The average molecular weight is 212 g/mol. The van der Waals surface area contributed by atoms with Gasteiger partial charge in [-0.2, -0.15) is 0 Å². The van der Waals surface area contributed by atoms with Gasteiger partial charge < -0.3 is 5.73 Å². The van der Waals surface area contributed by atoms with Crippen LogP contribution in [0.3, 0.4) is 0 Å². The zero-order valence-corrected chi connectivity index (χ0v) is 8.47. The molecule has 1 aromatic heterocycles. The lowest BCUT2D eigenvalue weighted by Crippen LogP contribution is -2.34. The maximum Gasteiger partial charge on any atom is 0.318 e. The molecule has 1 heterocycles. The van der Waals surface area contributed by atoms with Crippen LogP contribution < -0.4 is 11.1 Å². The van der Waals surface area contributed by atoms with E-state index in [0.717, 1.165) is 12.8 Å². The van der Waals surface area contributed by atoms with Crippen LogP contribution in [0, 0.1) is 0 Å². The largest absolute Gasteiger partial charge is 0.351 e. The van der Waals surface area contributed by atoms with E-state index >= 15 is 0 Å². The van der Waals surface area contributed by atoms with Crippen molar-refractivity contribution in [2.45, 2.75) is 19.3 Å². The smallest absolute Gasteiger partial charge is 0.318 e. The second-order valence-electron chi connectivity index (χ2n) is 2.85. The van der Waals surface area contributed by atoms with E-state index in [1.807, 2.05) is 22.8 Å². The molecule has 4 nitrogen and oxygen atoms in total. The molecule has 0 spiro atoms. The van der Waals surface area contributed by atoms with Gasteiger partial charge in [-0.25, -0.2) is 4.79 Å². The minimum absolute atomic E-state index is 0.311. The molecule has 5 heteroatoms. The summed E-state index contributed by atoms with van der Waals surface area (Å²) in [5.74, 6) is -0.311. The summed E-state index contributed by atoms with van der Waals surface area (Å²) in [6.45, 7) is 0. The van der Waals surface area contributed by atoms with Gasteiger partial charge in [-0.3, -0.25) is 10.1 Å². The SMILES string of the molecule is NC(=O)NC(=O)CCCc1cccs1. The number of aryl methyl sites for hydroxylation is 1. The van der Waals surface area contributed by atoms with Gasteiger partial charge in [0.2, 0.25) is 5.91 Å². The highest BCUT2D eigenvalue weighted by Crippen LogP contribution is 2.11. The standard InChI is InChI=1S/C9H12N2O2S/c10-9(13)11-8(12)5-1-3-7-4-2-6-14-7/h2,4,6H,1,3,5H2,(H3,10,11,12,13). The van der Waals surface area contributed by atoms with Crippen LogP contribution in [-0.2, 0) is 11.2 Å². The fourth-order valence-electron chi connectivity index (χ4n) is 1.08. The molecule has 0 atom stereocenters. The Morgan fingerprint density at radius 3 is 2.86 bits per heavy atom. The molecule has 76 valence electrons. The summed E-state index contributed by atoms with van der Waals surface area (Å²) in [7, 11) is 0. The van der Waals surface area contributed by atoms with Crippen molar-refractivity contribution in [1.82, 2.24) is 5.32 Å². The van der Waals surface area contributed by atoms with Crippen molar-refractivity contribution < 1.29 is 9.59 Å². The number of carbonyl (C=O) groups is 2. The Bertz CT molecular complexity index is 309. The third-order valence-electron chi connectivity index (χ3n) is 1.67. The van der Waals surface area contributed by atoms with E-state index in [-0.39, 0.29) is 5.91 Å². The van der Waals surface area contributed by atoms with Gasteiger partial charge in [0.15, 0.2) is 0 Å². The van der Waals surface area contributed by atoms with E-state index in [9.17, 15) is 9.59 Å². The van der Waals surface area contributed by atoms with Crippen LogP contribution in [0.25, 0.3) is 0 Å². The quantitative estimate of drug-likeness (QED) is 0.788. The maximum atomic E-state index is 11.0. The lowest BCUT2D eigenvalue weighted by atomic mass is 10.2. The normalized spacial score (nSPS) is 9.71. The summed E-state index contributed by atoms with van der Waals surface area (Å²) in [4.78, 5) is 22.5. The number of hydrogen-bond donors (Lipinski definition) is 2. The average Bonchev–Trinajstić information content (AvgIpc) is 2.55. The minimum Gasteiger partial charge on any atom is -0.351 e. The predicted octanol–water partition coefficient (Wildman–Crippen LogP) is 1.27. The number of rotatable bonds is 4. The van der Waals surface area contributed by atoms with Gasteiger partial charge in [-0.1, -0.05) is 6.07 Å². The van der Waals surface area contributed by atoms with E-state index < -0.39 is 6.03 Å². The van der Waals surface area contributed by atoms with Gasteiger partial charge >= 0.3 is 6.03 Å². The molecule has 0 bridgehead atoms. The number of carbonyl (C=O) groups excluding carboxylic acids is 2. The molecule has 0 aromatic carbocycles. The summed E-state index contributed by atoms with van der Waals surface area (Å²) < 4.78 is 0. The van der Waals surface area contributed by atoms with Crippen molar-refractivity contribution in [3.8, 4) is 0 Å².